The molecule has 0 heterocycles. The molecule has 0 radical (unpaired) electrons. The molecule has 104 valence electrons. The molecule has 0 aromatic carbocycles. The van der Waals surface area contributed by atoms with Crippen molar-refractivity contribution in [3.8, 4) is 0 Å². The quantitative estimate of drug-likeness (QED) is 0.520. The zero-order chi connectivity index (χ0) is 14.3. The van der Waals surface area contributed by atoms with Crippen molar-refractivity contribution in [2.75, 3.05) is 6.79 Å². The molecule has 7 heteroatoms. The van der Waals surface area contributed by atoms with E-state index < -0.39 is 36.2 Å². The number of rotatable bonds is 6. The van der Waals surface area contributed by atoms with E-state index in [9.17, 15) is 14.4 Å². The van der Waals surface area contributed by atoms with Crippen LogP contribution in [0.3, 0.4) is 0 Å². The predicted molar refractivity (Wildman–Crippen MR) is 61.4 cm³/mol. The first-order chi connectivity index (χ1) is 8.14. The van der Waals surface area contributed by atoms with Crippen LogP contribution in [-0.2, 0) is 23.9 Å². The molecule has 0 rings (SSSR count). The second-order valence-electron chi connectivity index (χ2n) is 4.80. The molecule has 0 saturated carbocycles. The Morgan fingerprint density at radius 2 is 1.78 bits per heavy atom. The number of esters is 2. The highest BCUT2D eigenvalue weighted by Crippen LogP contribution is 2.14. The van der Waals surface area contributed by atoms with Crippen LogP contribution in [0, 0.1) is 5.41 Å². The monoisotopic (exact) mass is 261 g/mol. The number of aliphatic carboxylic acids is 1. The van der Waals surface area contributed by atoms with Crippen LogP contribution < -0.4 is 5.73 Å². The number of hydrogen-bond donors (Lipinski definition) is 2. The van der Waals surface area contributed by atoms with Gasteiger partial charge in [-0.15, -0.1) is 0 Å². The molecule has 1 unspecified atom stereocenters. The van der Waals surface area contributed by atoms with E-state index in [2.05, 4.69) is 4.74 Å². The number of carboxylic acids is 1. The van der Waals surface area contributed by atoms with Crippen LogP contribution in [0.4, 0.5) is 0 Å². The smallest absolute Gasteiger partial charge is 0.320 e. The Labute approximate surface area is 105 Å². The van der Waals surface area contributed by atoms with Crippen LogP contribution in [0.15, 0.2) is 0 Å². The van der Waals surface area contributed by atoms with E-state index in [1.165, 1.54) is 0 Å². The molecule has 0 saturated heterocycles. The summed E-state index contributed by atoms with van der Waals surface area (Å²) < 4.78 is 9.31. The summed E-state index contributed by atoms with van der Waals surface area (Å²) in [4.78, 5) is 32.8. The first-order valence-electron chi connectivity index (χ1n) is 5.46. The molecule has 3 N–H and O–H groups in total. The maximum Gasteiger partial charge on any atom is 0.320 e. The number of nitrogens with two attached hydrogens (primary N) is 1. The van der Waals surface area contributed by atoms with Crippen molar-refractivity contribution in [2.45, 2.75) is 39.7 Å². The molecule has 18 heavy (non-hydrogen) atoms. The third kappa shape index (κ3) is 6.85. The predicted octanol–water partition coefficient (Wildman–Crippen LogP) is 0.269. The van der Waals surface area contributed by atoms with E-state index in [4.69, 9.17) is 15.6 Å². The number of carbonyl (C=O) groups is 3. The molecular weight excluding hydrogens is 242 g/mol. The van der Waals surface area contributed by atoms with Crippen molar-refractivity contribution < 1.29 is 29.0 Å². The summed E-state index contributed by atoms with van der Waals surface area (Å²) >= 11 is 0. The van der Waals surface area contributed by atoms with Gasteiger partial charge in [-0.3, -0.25) is 14.4 Å². The minimum atomic E-state index is -1.18. The van der Waals surface area contributed by atoms with Gasteiger partial charge in [-0.25, -0.2) is 0 Å². The SMILES string of the molecule is CC(C)(C)C(=O)OCOC(=O)CCC(N)C(=O)O. The summed E-state index contributed by atoms with van der Waals surface area (Å²) in [5.41, 5.74) is 4.54. The molecule has 0 aromatic heterocycles. The van der Waals surface area contributed by atoms with E-state index in [1.807, 2.05) is 0 Å². The minimum absolute atomic E-state index is 0.0264. The van der Waals surface area contributed by atoms with E-state index in [0.29, 0.717) is 0 Å². The highest BCUT2D eigenvalue weighted by Gasteiger charge is 2.23. The Balaban J connectivity index is 3.79. The molecule has 0 fully saturated rings. The lowest BCUT2D eigenvalue weighted by atomic mass is 9.98. The van der Waals surface area contributed by atoms with Gasteiger partial charge in [0.05, 0.1) is 5.41 Å². The van der Waals surface area contributed by atoms with Gasteiger partial charge < -0.3 is 20.3 Å². The highest BCUT2D eigenvalue weighted by molar-refractivity contribution is 5.76. The first kappa shape index (κ1) is 16.4. The van der Waals surface area contributed by atoms with Gasteiger partial charge in [0.2, 0.25) is 6.79 Å². The van der Waals surface area contributed by atoms with Crippen LogP contribution >= 0.6 is 0 Å². The fraction of sp³-hybridized carbons (Fsp3) is 0.727. The maximum atomic E-state index is 11.3. The van der Waals surface area contributed by atoms with Gasteiger partial charge in [-0.1, -0.05) is 0 Å². The molecule has 0 amide bonds. The summed E-state index contributed by atoms with van der Waals surface area (Å²) in [5, 5.41) is 8.49. The lowest BCUT2D eigenvalue weighted by Gasteiger charge is -2.16. The van der Waals surface area contributed by atoms with Gasteiger partial charge in [0.15, 0.2) is 0 Å². The topological polar surface area (TPSA) is 116 Å². The highest BCUT2D eigenvalue weighted by atomic mass is 16.7. The Kier molecular flexibility index (Phi) is 6.32. The molecule has 0 aliphatic carbocycles. The molecule has 0 aliphatic rings. The van der Waals surface area contributed by atoms with E-state index in [0.717, 1.165) is 0 Å². The van der Waals surface area contributed by atoms with E-state index in [-0.39, 0.29) is 12.8 Å². The second-order valence-corrected chi connectivity index (χ2v) is 4.80. The average molecular weight is 261 g/mol. The Morgan fingerprint density at radius 3 is 2.22 bits per heavy atom. The molecule has 7 nitrogen and oxygen atoms in total. The Hall–Kier alpha value is -1.63. The van der Waals surface area contributed by atoms with Gasteiger partial charge in [-0.05, 0) is 27.2 Å². The Bertz CT molecular complexity index is 320. The molecular formula is C11H19NO6. The zero-order valence-corrected chi connectivity index (χ0v) is 10.8. The number of hydrogen-bond acceptors (Lipinski definition) is 6. The summed E-state index contributed by atoms with van der Waals surface area (Å²) in [6.07, 6.45) is -0.165. The Morgan fingerprint density at radius 1 is 1.22 bits per heavy atom. The summed E-state index contributed by atoms with van der Waals surface area (Å²) in [6.45, 7) is 4.53. The lowest BCUT2D eigenvalue weighted by molar-refractivity contribution is -0.173. The van der Waals surface area contributed by atoms with Gasteiger partial charge in [-0.2, -0.15) is 0 Å². The number of carbonyl (C=O) groups excluding carboxylic acids is 2. The normalized spacial score (nSPS) is 12.7. The maximum absolute atomic E-state index is 11.3. The third-order valence-electron chi connectivity index (χ3n) is 2.00. The minimum Gasteiger partial charge on any atom is -0.480 e. The van der Waals surface area contributed by atoms with Crippen molar-refractivity contribution >= 4 is 17.9 Å². The fourth-order valence-corrected chi connectivity index (χ4v) is 0.834. The lowest BCUT2D eigenvalue weighted by Crippen LogP contribution is -2.31. The number of ether oxygens (including phenoxy) is 2. The van der Waals surface area contributed by atoms with Crippen molar-refractivity contribution in [3.63, 3.8) is 0 Å². The van der Waals surface area contributed by atoms with Crippen molar-refractivity contribution in [1.29, 1.82) is 0 Å². The van der Waals surface area contributed by atoms with Gasteiger partial charge in [0, 0.05) is 6.42 Å². The summed E-state index contributed by atoms with van der Waals surface area (Å²) in [6, 6.07) is -1.10. The van der Waals surface area contributed by atoms with Crippen LogP contribution in [0.5, 0.6) is 0 Å². The van der Waals surface area contributed by atoms with Gasteiger partial charge in [0.25, 0.3) is 0 Å². The average Bonchev–Trinajstić information content (AvgIpc) is 2.24. The largest absolute Gasteiger partial charge is 0.480 e. The fourth-order valence-electron chi connectivity index (χ4n) is 0.834. The van der Waals surface area contributed by atoms with Crippen molar-refractivity contribution in [1.82, 2.24) is 0 Å². The summed E-state index contributed by atoms with van der Waals surface area (Å²) in [7, 11) is 0. The first-order valence-corrected chi connectivity index (χ1v) is 5.46. The molecule has 0 aromatic rings. The molecule has 0 bridgehead atoms. The second kappa shape index (κ2) is 6.95. The molecule has 0 spiro atoms. The standard InChI is InChI=1S/C11H19NO6/c1-11(2,3)10(16)18-6-17-8(13)5-4-7(12)9(14)15/h7H,4-6,12H2,1-3H3,(H,14,15). The molecule has 0 aliphatic heterocycles. The molecule has 1 atom stereocenters. The van der Waals surface area contributed by atoms with Gasteiger partial charge in [0.1, 0.15) is 6.04 Å². The van der Waals surface area contributed by atoms with Crippen LogP contribution in [0.2, 0.25) is 0 Å². The van der Waals surface area contributed by atoms with E-state index in [1.54, 1.807) is 20.8 Å². The van der Waals surface area contributed by atoms with Gasteiger partial charge >= 0.3 is 17.9 Å². The van der Waals surface area contributed by atoms with Crippen molar-refractivity contribution in [2.24, 2.45) is 11.1 Å². The number of carboxylic acid groups (broad SMARTS) is 1. The summed E-state index contributed by atoms with van der Waals surface area (Å²) in [5.74, 6) is -2.33. The third-order valence-corrected chi connectivity index (χ3v) is 2.00. The van der Waals surface area contributed by atoms with Crippen LogP contribution in [-0.4, -0.2) is 35.8 Å². The zero-order valence-electron chi connectivity index (χ0n) is 10.8. The van der Waals surface area contributed by atoms with Crippen LogP contribution in [0.1, 0.15) is 33.6 Å². The van der Waals surface area contributed by atoms with E-state index >= 15 is 0 Å². The van der Waals surface area contributed by atoms with Crippen molar-refractivity contribution in [3.05, 3.63) is 0 Å². The van der Waals surface area contributed by atoms with Crippen LogP contribution in [0.25, 0.3) is 0 Å².